The number of esters is 1. The number of rotatable bonds is 7. The zero-order chi connectivity index (χ0) is 26.5. The van der Waals surface area contributed by atoms with Crippen molar-refractivity contribution in [1.29, 1.82) is 0 Å². The molecule has 0 aliphatic heterocycles. The minimum Gasteiger partial charge on any atom is -0.423 e. The van der Waals surface area contributed by atoms with Crippen LogP contribution in [0.25, 0.3) is 16.9 Å². The fourth-order valence-electron chi connectivity index (χ4n) is 3.89. The molecule has 0 aliphatic rings. The maximum atomic E-state index is 13.2. The number of nitrogens with zero attached hydrogens (tertiary/aromatic N) is 2. The zero-order valence-electron chi connectivity index (χ0n) is 20.5. The summed E-state index contributed by atoms with van der Waals surface area (Å²) in [5.74, 6) is -0.0291. The van der Waals surface area contributed by atoms with Crippen LogP contribution in [0.3, 0.4) is 0 Å². The molecule has 0 bridgehead atoms. The molecule has 0 amide bonds. The Kier molecular flexibility index (Phi) is 7.35. The maximum Gasteiger partial charge on any atom is 0.343 e. The van der Waals surface area contributed by atoms with Gasteiger partial charge in [-0.05, 0) is 78.2 Å². The van der Waals surface area contributed by atoms with Crippen molar-refractivity contribution in [3.05, 3.63) is 131 Å². The second-order valence-electron chi connectivity index (χ2n) is 8.42. The zero-order valence-corrected chi connectivity index (χ0v) is 22.2. The first-order chi connectivity index (χ1) is 18.4. The van der Waals surface area contributed by atoms with E-state index in [0.29, 0.717) is 16.1 Å². The SMILES string of the molecule is CCc1ccc(S(=O)(=O)/N=c2/scc(-c3ccc(OC(=O)c4ccccc4)cc3)n2-c2ccccc2)cc1. The molecule has 0 unspecified atom stereocenters. The highest BCUT2D eigenvalue weighted by Gasteiger charge is 2.17. The number of hydrogen-bond donors (Lipinski definition) is 0. The molecule has 0 aliphatic carbocycles. The van der Waals surface area contributed by atoms with Gasteiger partial charge in [0.25, 0.3) is 10.0 Å². The topological polar surface area (TPSA) is 77.7 Å². The van der Waals surface area contributed by atoms with E-state index in [0.717, 1.165) is 28.9 Å². The lowest BCUT2D eigenvalue weighted by Gasteiger charge is -2.10. The Bertz CT molecular complexity index is 1720. The van der Waals surface area contributed by atoms with Crippen LogP contribution < -0.4 is 9.54 Å². The number of benzene rings is 4. The standard InChI is InChI=1S/C30H24N2O4S2/c1-2-22-13-19-27(20-14-22)38(34,35)31-30-32(25-11-7-4-8-12-25)28(21-37-30)23-15-17-26(18-16-23)36-29(33)24-9-5-3-6-10-24/h3-21H,2H2,1H3/b31-30+. The number of thiazole rings is 1. The highest BCUT2D eigenvalue weighted by atomic mass is 32.2. The van der Waals surface area contributed by atoms with Crippen LogP contribution in [0.2, 0.25) is 0 Å². The minimum absolute atomic E-state index is 0.147. The van der Waals surface area contributed by atoms with Gasteiger partial charge in [-0.2, -0.15) is 8.42 Å². The lowest BCUT2D eigenvalue weighted by molar-refractivity contribution is 0.0734. The molecule has 1 heterocycles. The molecular formula is C30H24N2O4S2. The van der Waals surface area contributed by atoms with Gasteiger partial charge in [-0.3, -0.25) is 4.57 Å². The van der Waals surface area contributed by atoms with E-state index in [1.807, 2.05) is 65.4 Å². The van der Waals surface area contributed by atoms with Crippen molar-refractivity contribution in [2.24, 2.45) is 4.40 Å². The molecule has 38 heavy (non-hydrogen) atoms. The highest BCUT2D eigenvalue weighted by Crippen LogP contribution is 2.26. The Hall–Kier alpha value is -4.27. The van der Waals surface area contributed by atoms with Crippen LogP contribution in [0.1, 0.15) is 22.8 Å². The van der Waals surface area contributed by atoms with Crippen LogP contribution >= 0.6 is 11.3 Å². The molecule has 4 aromatic carbocycles. The number of hydrogen-bond acceptors (Lipinski definition) is 5. The fourth-order valence-corrected chi connectivity index (χ4v) is 6.00. The third-order valence-electron chi connectivity index (χ3n) is 5.92. The number of para-hydroxylation sites is 1. The first kappa shape index (κ1) is 25.4. The Balaban J connectivity index is 1.52. The average molecular weight is 541 g/mol. The van der Waals surface area contributed by atoms with E-state index in [4.69, 9.17) is 4.74 Å². The largest absolute Gasteiger partial charge is 0.423 e. The molecule has 190 valence electrons. The van der Waals surface area contributed by atoms with Crippen molar-refractivity contribution in [1.82, 2.24) is 4.57 Å². The van der Waals surface area contributed by atoms with Gasteiger partial charge >= 0.3 is 5.97 Å². The molecule has 0 atom stereocenters. The number of carbonyl (C=O) groups excluding carboxylic acids is 1. The predicted molar refractivity (Wildman–Crippen MR) is 149 cm³/mol. The van der Waals surface area contributed by atoms with Gasteiger partial charge in [-0.15, -0.1) is 15.7 Å². The molecule has 1 aromatic heterocycles. The van der Waals surface area contributed by atoms with E-state index < -0.39 is 16.0 Å². The third-order valence-corrected chi connectivity index (χ3v) is 8.14. The Morgan fingerprint density at radius 3 is 2.11 bits per heavy atom. The molecule has 0 saturated carbocycles. The Labute approximate surface area is 225 Å². The fraction of sp³-hybridized carbons (Fsp3) is 0.0667. The summed E-state index contributed by atoms with van der Waals surface area (Å²) < 4.78 is 37.9. The van der Waals surface area contributed by atoms with Gasteiger partial charge in [0.05, 0.1) is 16.2 Å². The number of aromatic nitrogens is 1. The van der Waals surface area contributed by atoms with Gasteiger partial charge in [-0.25, -0.2) is 4.79 Å². The quantitative estimate of drug-likeness (QED) is 0.180. The summed E-state index contributed by atoms with van der Waals surface area (Å²) in [6.45, 7) is 2.02. The van der Waals surface area contributed by atoms with Crippen LogP contribution in [-0.4, -0.2) is 19.0 Å². The van der Waals surface area contributed by atoms with E-state index in [1.54, 1.807) is 60.7 Å². The highest BCUT2D eigenvalue weighted by molar-refractivity contribution is 7.90. The number of carbonyl (C=O) groups is 1. The van der Waals surface area contributed by atoms with Gasteiger partial charge in [0, 0.05) is 11.1 Å². The van der Waals surface area contributed by atoms with Crippen molar-refractivity contribution in [2.45, 2.75) is 18.2 Å². The first-order valence-electron chi connectivity index (χ1n) is 12.0. The second kappa shape index (κ2) is 11.0. The number of aryl methyl sites for hydroxylation is 1. The summed E-state index contributed by atoms with van der Waals surface area (Å²) in [4.78, 5) is 12.9. The monoisotopic (exact) mass is 540 g/mol. The summed E-state index contributed by atoms with van der Waals surface area (Å²) >= 11 is 1.24. The Morgan fingerprint density at radius 1 is 0.842 bits per heavy atom. The molecule has 5 rings (SSSR count). The lowest BCUT2D eigenvalue weighted by atomic mass is 10.1. The maximum absolute atomic E-state index is 13.2. The molecular weight excluding hydrogens is 516 g/mol. The van der Waals surface area contributed by atoms with E-state index in [9.17, 15) is 13.2 Å². The van der Waals surface area contributed by atoms with Crippen LogP contribution in [0.5, 0.6) is 5.75 Å². The molecule has 0 saturated heterocycles. The average Bonchev–Trinajstić information content (AvgIpc) is 3.37. The Morgan fingerprint density at radius 2 is 1.47 bits per heavy atom. The molecule has 5 aromatic rings. The van der Waals surface area contributed by atoms with Crippen LogP contribution in [0, 0.1) is 0 Å². The summed E-state index contributed by atoms with van der Waals surface area (Å²) in [5.41, 5.74) is 3.87. The summed E-state index contributed by atoms with van der Waals surface area (Å²) in [7, 11) is -3.93. The van der Waals surface area contributed by atoms with Crippen LogP contribution in [0.4, 0.5) is 0 Å². The molecule has 0 spiro atoms. The number of ether oxygens (including phenoxy) is 1. The summed E-state index contributed by atoms with van der Waals surface area (Å²) in [6.07, 6.45) is 0.823. The van der Waals surface area contributed by atoms with E-state index in [-0.39, 0.29) is 4.90 Å². The minimum atomic E-state index is -3.93. The van der Waals surface area contributed by atoms with Crippen molar-refractivity contribution in [3.63, 3.8) is 0 Å². The van der Waals surface area contributed by atoms with Gasteiger partial charge in [0.2, 0.25) is 4.80 Å². The third kappa shape index (κ3) is 5.51. The van der Waals surface area contributed by atoms with Crippen LogP contribution in [-0.2, 0) is 16.4 Å². The smallest absolute Gasteiger partial charge is 0.343 e. The number of sulfonamides is 1. The van der Waals surface area contributed by atoms with Gasteiger partial charge in [0.1, 0.15) is 5.75 Å². The second-order valence-corrected chi connectivity index (χ2v) is 10.9. The van der Waals surface area contributed by atoms with Gasteiger partial charge in [-0.1, -0.05) is 55.5 Å². The molecule has 6 nitrogen and oxygen atoms in total. The van der Waals surface area contributed by atoms with Gasteiger partial charge in [0.15, 0.2) is 0 Å². The lowest BCUT2D eigenvalue weighted by Crippen LogP contribution is -2.16. The summed E-state index contributed by atoms with van der Waals surface area (Å²) in [5, 5.41) is 1.87. The van der Waals surface area contributed by atoms with Crippen molar-refractivity contribution in [3.8, 4) is 22.7 Å². The molecule has 0 radical (unpaired) electrons. The van der Waals surface area contributed by atoms with E-state index in [1.165, 1.54) is 11.3 Å². The first-order valence-corrected chi connectivity index (χ1v) is 14.3. The van der Waals surface area contributed by atoms with Crippen molar-refractivity contribution in [2.75, 3.05) is 0 Å². The van der Waals surface area contributed by atoms with Crippen molar-refractivity contribution < 1.29 is 17.9 Å². The van der Waals surface area contributed by atoms with E-state index >= 15 is 0 Å². The predicted octanol–water partition coefficient (Wildman–Crippen LogP) is 6.28. The van der Waals surface area contributed by atoms with Crippen molar-refractivity contribution >= 4 is 27.3 Å². The normalized spacial score (nSPS) is 11.9. The van der Waals surface area contributed by atoms with Crippen LogP contribution in [0.15, 0.2) is 124 Å². The summed E-state index contributed by atoms with van der Waals surface area (Å²) in [6, 6.07) is 32.1. The van der Waals surface area contributed by atoms with Gasteiger partial charge < -0.3 is 4.74 Å². The molecule has 0 N–H and O–H groups in total. The molecule has 8 heteroatoms. The van der Waals surface area contributed by atoms with E-state index in [2.05, 4.69) is 4.40 Å². The molecule has 0 fully saturated rings.